The van der Waals surface area contributed by atoms with Crippen LogP contribution in [0.2, 0.25) is 0 Å². The maximum atomic E-state index is 11.4. The van der Waals surface area contributed by atoms with Crippen LogP contribution in [0.1, 0.15) is 34.1 Å². The van der Waals surface area contributed by atoms with Crippen LogP contribution >= 0.6 is 0 Å². The Hall–Kier alpha value is -1.26. The van der Waals surface area contributed by atoms with Crippen molar-refractivity contribution in [3.63, 3.8) is 0 Å². The summed E-state index contributed by atoms with van der Waals surface area (Å²) in [5.41, 5.74) is -0.445. The summed E-state index contributed by atoms with van der Waals surface area (Å²) in [4.78, 5) is 15.4. The third-order valence-corrected chi connectivity index (χ3v) is 1.59. The Kier molecular flexibility index (Phi) is 6.53. The summed E-state index contributed by atoms with van der Waals surface area (Å²) >= 11 is 0. The van der Waals surface area contributed by atoms with Crippen LogP contribution in [0.5, 0.6) is 0 Å². The Balaban J connectivity index is 3.90. The Morgan fingerprint density at radius 1 is 1.31 bits per heavy atom. The monoisotopic (exact) mass is 229 g/mol. The lowest BCUT2D eigenvalue weighted by molar-refractivity contribution is -0.153. The molecule has 0 aromatic rings. The first-order chi connectivity index (χ1) is 7.39. The Bertz CT molecular complexity index is 244. The summed E-state index contributed by atoms with van der Waals surface area (Å²) < 4.78 is 5.15. The zero-order chi connectivity index (χ0) is 12.6. The van der Waals surface area contributed by atoms with Gasteiger partial charge in [-0.05, 0) is 27.2 Å². The van der Waals surface area contributed by atoms with Crippen molar-refractivity contribution in [1.29, 1.82) is 0 Å². The number of carbonyl (C=O) groups is 1. The summed E-state index contributed by atoms with van der Waals surface area (Å²) in [6.07, 6.45) is 1.01. The number of ether oxygens (including phenoxy) is 1. The maximum Gasteiger partial charge on any atom is 0.325 e. The molecule has 0 fully saturated rings. The van der Waals surface area contributed by atoms with E-state index in [-0.39, 0.29) is 12.5 Å². The van der Waals surface area contributed by atoms with E-state index in [1.807, 2.05) is 20.8 Å². The summed E-state index contributed by atoms with van der Waals surface area (Å²) in [5, 5.41) is 5.96. The number of nitrogens with zero attached hydrogens (tertiary/aromatic N) is 1. The average Bonchev–Trinajstić information content (AvgIpc) is 2.15. The van der Waals surface area contributed by atoms with Crippen molar-refractivity contribution in [1.82, 2.24) is 10.6 Å². The van der Waals surface area contributed by atoms with Crippen molar-refractivity contribution in [2.75, 3.05) is 20.1 Å². The molecule has 16 heavy (non-hydrogen) atoms. The number of hydrogen-bond acceptors (Lipinski definition) is 3. The average molecular weight is 229 g/mol. The largest absolute Gasteiger partial charge is 0.459 e. The minimum Gasteiger partial charge on any atom is -0.459 e. The molecule has 0 aliphatic carbocycles. The van der Waals surface area contributed by atoms with Gasteiger partial charge in [0.2, 0.25) is 0 Å². The van der Waals surface area contributed by atoms with E-state index in [0.717, 1.165) is 13.0 Å². The molecule has 5 heteroatoms. The second-order valence-electron chi connectivity index (χ2n) is 4.44. The standard InChI is InChI=1S/C11H23N3O2/c1-6-7-13-10(12-5)14-8-9(15)16-11(2,3)4/h6-8H2,1-5H3,(H2,12,13,14). The van der Waals surface area contributed by atoms with Crippen LogP contribution in [0.15, 0.2) is 4.99 Å². The van der Waals surface area contributed by atoms with Crippen LogP contribution in [0.4, 0.5) is 0 Å². The van der Waals surface area contributed by atoms with Gasteiger partial charge in [-0.15, -0.1) is 0 Å². The summed E-state index contributed by atoms with van der Waals surface area (Å²) in [6.45, 7) is 8.54. The van der Waals surface area contributed by atoms with Gasteiger partial charge >= 0.3 is 5.97 Å². The van der Waals surface area contributed by atoms with Crippen LogP contribution in [0.25, 0.3) is 0 Å². The highest BCUT2D eigenvalue weighted by atomic mass is 16.6. The molecular formula is C11H23N3O2. The number of carbonyl (C=O) groups excluding carboxylic acids is 1. The first-order valence-electron chi connectivity index (χ1n) is 5.55. The van der Waals surface area contributed by atoms with E-state index >= 15 is 0 Å². The van der Waals surface area contributed by atoms with Crippen molar-refractivity contribution >= 4 is 11.9 Å². The van der Waals surface area contributed by atoms with Gasteiger partial charge in [0.15, 0.2) is 5.96 Å². The molecule has 0 aliphatic heterocycles. The predicted molar refractivity (Wildman–Crippen MR) is 65.5 cm³/mol. The van der Waals surface area contributed by atoms with Gasteiger partial charge in [-0.25, -0.2) is 0 Å². The minimum absolute atomic E-state index is 0.126. The first-order valence-corrected chi connectivity index (χ1v) is 5.55. The summed E-state index contributed by atoms with van der Waals surface area (Å²) in [6, 6.07) is 0. The molecule has 0 radical (unpaired) electrons. The zero-order valence-electron chi connectivity index (χ0n) is 10.9. The number of hydrogen-bond donors (Lipinski definition) is 2. The molecule has 0 aliphatic rings. The normalized spacial score (nSPS) is 12.2. The smallest absolute Gasteiger partial charge is 0.325 e. The van der Waals surface area contributed by atoms with Crippen molar-refractivity contribution in [3.05, 3.63) is 0 Å². The van der Waals surface area contributed by atoms with Gasteiger partial charge in [-0.2, -0.15) is 0 Å². The molecule has 0 saturated carbocycles. The third kappa shape index (κ3) is 8.08. The fraction of sp³-hybridized carbons (Fsp3) is 0.818. The quantitative estimate of drug-likeness (QED) is 0.427. The van der Waals surface area contributed by atoms with E-state index in [1.165, 1.54) is 0 Å². The number of guanidine groups is 1. The molecule has 0 heterocycles. The molecular weight excluding hydrogens is 206 g/mol. The highest BCUT2D eigenvalue weighted by Gasteiger charge is 2.15. The molecule has 0 spiro atoms. The number of rotatable bonds is 4. The Morgan fingerprint density at radius 3 is 2.38 bits per heavy atom. The number of esters is 1. The molecule has 0 atom stereocenters. The van der Waals surface area contributed by atoms with Gasteiger partial charge in [-0.3, -0.25) is 9.79 Å². The lowest BCUT2D eigenvalue weighted by atomic mass is 10.2. The SMILES string of the molecule is CCCNC(=NC)NCC(=O)OC(C)(C)C. The molecule has 0 amide bonds. The third-order valence-electron chi connectivity index (χ3n) is 1.59. The molecule has 0 aromatic carbocycles. The molecule has 0 aromatic heterocycles. The highest BCUT2D eigenvalue weighted by Crippen LogP contribution is 2.05. The Labute approximate surface area is 97.7 Å². The molecule has 0 bridgehead atoms. The Morgan fingerprint density at radius 2 is 1.94 bits per heavy atom. The van der Waals surface area contributed by atoms with E-state index < -0.39 is 5.60 Å². The van der Waals surface area contributed by atoms with Crippen LogP contribution in [0, 0.1) is 0 Å². The maximum absolute atomic E-state index is 11.4. The zero-order valence-corrected chi connectivity index (χ0v) is 10.9. The fourth-order valence-corrected chi connectivity index (χ4v) is 0.997. The van der Waals surface area contributed by atoms with Gasteiger partial charge in [-0.1, -0.05) is 6.92 Å². The topological polar surface area (TPSA) is 62.7 Å². The lowest BCUT2D eigenvalue weighted by Crippen LogP contribution is -2.41. The molecule has 5 nitrogen and oxygen atoms in total. The predicted octanol–water partition coefficient (Wildman–Crippen LogP) is 0.903. The molecule has 0 unspecified atom stereocenters. The van der Waals surface area contributed by atoms with E-state index in [0.29, 0.717) is 5.96 Å². The summed E-state index contributed by atoms with van der Waals surface area (Å²) in [5.74, 6) is 0.333. The van der Waals surface area contributed by atoms with E-state index in [4.69, 9.17) is 4.74 Å². The van der Waals surface area contributed by atoms with Crippen molar-refractivity contribution in [2.24, 2.45) is 4.99 Å². The molecule has 0 rings (SSSR count). The van der Waals surface area contributed by atoms with Gasteiger partial charge in [0.25, 0.3) is 0 Å². The van der Waals surface area contributed by atoms with Crippen molar-refractivity contribution in [2.45, 2.75) is 39.7 Å². The number of aliphatic imine (C=N–C) groups is 1. The fourth-order valence-electron chi connectivity index (χ4n) is 0.997. The second kappa shape index (κ2) is 7.09. The van der Waals surface area contributed by atoms with Gasteiger partial charge in [0.1, 0.15) is 12.1 Å². The van der Waals surface area contributed by atoms with Gasteiger partial charge in [0.05, 0.1) is 0 Å². The van der Waals surface area contributed by atoms with Crippen LogP contribution in [0.3, 0.4) is 0 Å². The van der Waals surface area contributed by atoms with E-state index in [9.17, 15) is 4.79 Å². The van der Waals surface area contributed by atoms with Crippen LogP contribution in [-0.4, -0.2) is 37.7 Å². The van der Waals surface area contributed by atoms with Crippen LogP contribution in [-0.2, 0) is 9.53 Å². The van der Waals surface area contributed by atoms with Crippen molar-refractivity contribution < 1.29 is 9.53 Å². The summed E-state index contributed by atoms with van der Waals surface area (Å²) in [7, 11) is 1.67. The molecule has 2 N–H and O–H groups in total. The highest BCUT2D eigenvalue weighted by molar-refractivity contribution is 5.84. The second-order valence-corrected chi connectivity index (χ2v) is 4.44. The lowest BCUT2D eigenvalue weighted by Gasteiger charge is -2.20. The number of nitrogens with one attached hydrogen (secondary N) is 2. The van der Waals surface area contributed by atoms with Gasteiger partial charge in [0, 0.05) is 13.6 Å². The molecule has 0 saturated heterocycles. The van der Waals surface area contributed by atoms with Crippen LogP contribution < -0.4 is 10.6 Å². The molecule has 94 valence electrons. The van der Waals surface area contributed by atoms with Gasteiger partial charge < -0.3 is 15.4 Å². The first kappa shape index (κ1) is 14.7. The van der Waals surface area contributed by atoms with E-state index in [1.54, 1.807) is 7.05 Å². The minimum atomic E-state index is -0.445. The van der Waals surface area contributed by atoms with E-state index in [2.05, 4.69) is 22.5 Å². The van der Waals surface area contributed by atoms with Crippen molar-refractivity contribution in [3.8, 4) is 0 Å².